The van der Waals surface area contributed by atoms with E-state index in [1.165, 1.54) is 23.8 Å². The lowest BCUT2D eigenvalue weighted by Gasteiger charge is -2.06. The summed E-state index contributed by atoms with van der Waals surface area (Å²) in [5.41, 5.74) is 2.53. The number of hydrogen-bond acceptors (Lipinski definition) is 2. The van der Waals surface area contributed by atoms with Gasteiger partial charge in [-0.3, -0.25) is 4.98 Å². The number of nitrogens with one attached hydrogen (secondary N) is 1. The van der Waals surface area contributed by atoms with Crippen molar-refractivity contribution >= 4 is 10.9 Å². The SMILES string of the molecule is CCNCCCCc1ccnc2ccccc12. The van der Waals surface area contributed by atoms with Crippen LogP contribution in [0, 0.1) is 0 Å². The van der Waals surface area contributed by atoms with Gasteiger partial charge in [-0.25, -0.2) is 0 Å². The molecular formula is C15H20N2. The lowest BCUT2D eigenvalue weighted by atomic mass is 10.0. The smallest absolute Gasteiger partial charge is 0.0704 e. The molecule has 2 aromatic rings. The number of benzene rings is 1. The van der Waals surface area contributed by atoms with Gasteiger partial charge in [-0.2, -0.15) is 0 Å². The van der Waals surface area contributed by atoms with Gasteiger partial charge in [-0.05, 0) is 50.0 Å². The average Bonchev–Trinajstić information content (AvgIpc) is 2.39. The van der Waals surface area contributed by atoms with Gasteiger partial charge < -0.3 is 5.32 Å². The highest BCUT2D eigenvalue weighted by atomic mass is 14.8. The Balaban J connectivity index is 1.98. The van der Waals surface area contributed by atoms with Gasteiger partial charge in [-0.15, -0.1) is 0 Å². The van der Waals surface area contributed by atoms with Gasteiger partial charge in [0.1, 0.15) is 0 Å². The molecule has 0 aliphatic rings. The molecule has 0 saturated carbocycles. The van der Waals surface area contributed by atoms with E-state index in [2.05, 4.69) is 41.5 Å². The number of hydrogen-bond donors (Lipinski definition) is 1. The Hall–Kier alpha value is -1.41. The third-order valence-corrected chi connectivity index (χ3v) is 3.04. The summed E-state index contributed by atoms with van der Waals surface area (Å²) >= 11 is 0. The van der Waals surface area contributed by atoms with Crippen LogP contribution in [0.1, 0.15) is 25.3 Å². The molecule has 1 heterocycles. The van der Waals surface area contributed by atoms with E-state index in [9.17, 15) is 0 Å². The van der Waals surface area contributed by atoms with Gasteiger partial charge in [0.15, 0.2) is 0 Å². The minimum atomic E-state index is 1.07. The first-order valence-electron chi connectivity index (χ1n) is 6.45. The third kappa shape index (κ3) is 3.27. The minimum absolute atomic E-state index is 1.07. The highest BCUT2D eigenvalue weighted by molar-refractivity contribution is 5.81. The highest BCUT2D eigenvalue weighted by Gasteiger charge is 2.00. The van der Waals surface area contributed by atoms with Gasteiger partial charge in [0.2, 0.25) is 0 Å². The zero-order valence-corrected chi connectivity index (χ0v) is 10.4. The molecule has 0 spiro atoms. The van der Waals surface area contributed by atoms with Gasteiger partial charge in [0.25, 0.3) is 0 Å². The summed E-state index contributed by atoms with van der Waals surface area (Å²) in [6.07, 6.45) is 5.54. The molecule has 1 aromatic carbocycles. The monoisotopic (exact) mass is 228 g/mol. The zero-order valence-electron chi connectivity index (χ0n) is 10.4. The topological polar surface area (TPSA) is 24.9 Å². The van der Waals surface area contributed by atoms with Gasteiger partial charge >= 0.3 is 0 Å². The maximum Gasteiger partial charge on any atom is 0.0704 e. The van der Waals surface area contributed by atoms with E-state index >= 15 is 0 Å². The molecule has 1 N–H and O–H groups in total. The molecule has 0 saturated heterocycles. The van der Waals surface area contributed by atoms with Gasteiger partial charge in [-0.1, -0.05) is 25.1 Å². The summed E-state index contributed by atoms with van der Waals surface area (Å²) < 4.78 is 0. The van der Waals surface area contributed by atoms with Crippen molar-refractivity contribution in [2.75, 3.05) is 13.1 Å². The number of pyridine rings is 1. The van der Waals surface area contributed by atoms with Crippen molar-refractivity contribution < 1.29 is 0 Å². The normalized spacial score (nSPS) is 10.9. The fourth-order valence-corrected chi connectivity index (χ4v) is 2.12. The number of aromatic nitrogens is 1. The maximum absolute atomic E-state index is 4.39. The molecule has 0 amide bonds. The van der Waals surface area contributed by atoms with Crippen LogP contribution in [0.3, 0.4) is 0 Å². The number of nitrogens with zero attached hydrogens (tertiary/aromatic N) is 1. The fourth-order valence-electron chi connectivity index (χ4n) is 2.12. The Morgan fingerprint density at radius 1 is 1.12 bits per heavy atom. The Bertz CT molecular complexity index is 460. The molecule has 0 aliphatic carbocycles. The fraction of sp³-hybridized carbons (Fsp3) is 0.400. The van der Waals surface area contributed by atoms with E-state index in [0.29, 0.717) is 0 Å². The van der Waals surface area contributed by atoms with Gasteiger partial charge in [0, 0.05) is 11.6 Å². The van der Waals surface area contributed by atoms with Crippen molar-refractivity contribution in [3.8, 4) is 0 Å². The lowest BCUT2D eigenvalue weighted by molar-refractivity contribution is 0.641. The average molecular weight is 228 g/mol. The molecule has 0 unspecified atom stereocenters. The van der Waals surface area contributed by atoms with Crippen molar-refractivity contribution in [1.29, 1.82) is 0 Å². The van der Waals surface area contributed by atoms with E-state index in [-0.39, 0.29) is 0 Å². The molecule has 2 heteroatoms. The molecule has 2 rings (SSSR count). The molecule has 2 nitrogen and oxygen atoms in total. The molecule has 0 fully saturated rings. The standard InChI is InChI=1S/C15H20N2/c1-2-16-11-6-5-7-13-10-12-17-15-9-4-3-8-14(13)15/h3-4,8-10,12,16H,2,5-7,11H2,1H3. The minimum Gasteiger partial charge on any atom is -0.317 e. The summed E-state index contributed by atoms with van der Waals surface area (Å²) in [4.78, 5) is 4.39. The molecule has 17 heavy (non-hydrogen) atoms. The van der Waals surface area contributed by atoms with Crippen LogP contribution in [0.5, 0.6) is 0 Å². The Kier molecular flexibility index (Phi) is 4.51. The Labute approximate surface area is 103 Å². The second-order valence-corrected chi connectivity index (χ2v) is 4.30. The van der Waals surface area contributed by atoms with Crippen LogP contribution in [0.2, 0.25) is 0 Å². The largest absolute Gasteiger partial charge is 0.317 e. The number of fused-ring (bicyclic) bond motifs is 1. The number of aryl methyl sites for hydroxylation is 1. The summed E-state index contributed by atoms with van der Waals surface area (Å²) in [6.45, 7) is 4.34. The molecule has 0 bridgehead atoms. The first kappa shape index (κ1) is 12.1. The van der Waals surface area contributed by atoms with Crippen LogP contribution in [0.15, 0.2) is 36.5 Å². The Morgan fingerprint density at radius 3 is 2.88 bits per heavy atom. The predicted octanol–water partition coefficient (Wildman–Crippen LogP) is 3.17. The molecule has 1 aromatic heterocycles. The van der Waals surface area contributed by atoms with E-state index in [1.54, 1.807) is 0 Å². The number of para-hydroxylation sites is 1. The summed E-state index contributed by atoms with van der Waals surface area (Å²) in [6, 6.07) is 10.5. The predicted molar refractivity (Wildman–Crippen MR) is 73.2 cm³/mol. The summed E-state index contributed by atoms with van der Waals surface area (Å²) in [5, 5.41) is 4.66. The lowest BCUT2D eigenvalue weighted by Crippen LogP contribution is -2.13. The molecule has 0 radical (unpaired) electrons. The Morgan fingerprint density at radius 2 is 2.00 bits per heavy atom. The first-order chi connectivity index (χ1) is 8.42. The summed E-state index contributed by atoms with van der Waals surface area (Å²) in [7, 11) is 0. The van der Waals surface area contributed by atoms with Crippen molar-refractivity contribution in [3.63, 3.8) is 0 Å². The van der Waals surface area contributed by atoms with Gasteiger partial charge in [0.05, 0.1) is 5.52 Å². The van der Waals surface area contributed by atoms with E-state index in [4.69, 9.17) is 0 Å². The van der Waals surface area contributed by atoms with E-state index in [0.717, 1.165) is 25.0 Å². The molecule has 90 valence electrons. The van der Waals surface area contributed by atoms with E-state index in [1.807, 2.05) is 12.3 Å². The molecule has 0 atom stereocenters. The number of unbranched alkanes of at least 4 members (excludes halogenated alkanes) is 1. The van der Waals surface area contributed by atoms with Crippen molar-refractivity contribution in [1.82, 2.24) is 10.3 Å². The molecule has 0 aliphatic heterocycles. The zero-order chi connectivity index (χ0) is 11.9. The summed E-state index contributed by atoms with van der Waals surface area (Å²) in [5.74, 6) is 0. The third-order valence-electron chi connectivity index (χ3n) is 3.04. The van der Waals surface area contributed by atoms with Crippen molar-refractivity contribution in [2.24, 2.45) is 0 Å². The van der Waals surface area contributed by atoms with Crippen LogP contribution >= 0.6 is 0 Å². The molecular weight excluding hydrogens is 208 g/mol. The van der Waals surface area contributed by atoms with Crippen LogP contribution in [0.25, 0.3) is 10.9 Å². The highest BCUT2D eigenvalue weighted by Crippen LogP contribution is 2.17. The van der Waals surface area contributed by atoms with Crippen LogP contribution in [0.4, 0.5) is 0 Å². The number of rotatable bonds is 6. The van der Waals surface area contributed by atoms with Crippen LogP contribution in [-0.2, 0) is 6.42 Å². The second kappa shape index (κ2) is 6.36. The maximum atomic E-state index is 4.39. The van der Waals surface area contributed by atoms with Crippen molar-refractivity contribution in [3.05, 3.63) is 42.1 Å². The van der Waals surface area contributed by atoms with Crippen LogP contribution in [-0.4, -0.2) is 18.1 Å². The van der Waals surface area contributed by atoms with E-state index < -0.39 is 0 Å². The van der Waals surface area contributed by atoms with Crippen LogP contribution < -0.4 is 5.32 Å². The first-order valence-corrected chi connectivity index (χ1v) is 6.45. The quantitative estimate of drug-likeness (QED) is 0.768. The second-order valence-electron chi connectivity index (χ2n) is 4.30. The van der Waals surface area contributed by atoms with Crippen molar-refractivity contribution in [2.45, 2.75) is 26.2 Å².